The van der Waals surface area contributed by atoms with Crippen LogP contribution in [-0.4, -0.2) is 23.8 Å². The average Bonchev–Trinajstić information content (AvgIpc) is 2.39. The Hall–Kier alpha value is -1.12. The van der Waals surface area contributed by atoms with Crippen LogP contribution < -0.4 is 5.32 Å². The first-order chi connectivity index (χ1) is 8.86. The van der Waals surface area contributed by atoms with Crippen molar-refractivity contribution in [1.29, 1.82) is 0 Å². The lowest BCUT2D eigenvalue weighted by atomic mass is 9.98. The molecule has 0 saturated carbocycles. The molecular formula is C16H23NO. The van der Waals surface area contributed by atoms with Crippen molar-refractivity contribution in [3.63, 3.8) is 0 Å². The fourth-order valence-electron chi connectivity index (χ4n) is 2.46. The van der Waals surface area contributed by atoms with E-state index in [1.165, 1.54) is 5.56 Å². The van der Waals surface area contributed by atoms with Crippen LogP contribution in [0.4, 0.5) is 0 Å². The maximum absolute atomic E-state index is 10.1. The molecule has 1 aromatic carbocycles. The zero-order chi connectivity index (χ0) is 12.6. The summed E-state index contributed by atoms with van der Waals surface area (Å²) in [6, 6.07) is 10.7. The molecule has 1 aliphatic carbocycles. The van der Waals surface area contributed by atoms with Gasteiger partial charge in [0.2, 0.25) is 0 Å². The monoisotopic (exact) mass is 245 g/mol. The molecule has 0 unspecified atom stereocenters. The van der Waals surface area contributed by atoms with Crippen molar-refractivity contribution >= 4 is 0 Å². The highest BCUT2D eigenvalue weighted by atomic mass is 16.3. The maximum atomic E-state index is 10.1. The lowest BCUT2D eigenvalue weighted by molar-refractivity contribution is 0.114. The quantitative estimate of drug-likeness (QED) is 0.799. The lowest BCUT2D eigenvalue weighted by Crippen LogP contribution is -2.41. The molecule has 0 heterocycles. The van der Waals surface area contributed by atoms with Crippen LogP contribution in [0.1, 0.15) is 31.2 Å². The van der Waals surface area contributed by atoms with Crippen molar-refractivity contribution in [3.05, 3.63) is 48.0 Å². The normalized spacial score (nSPS) is 26.3. The number of allylic oxidation sites excluding steroid dienone is 2. The highest BCUT2D eigenvalue weighted by Crippen LogP contribution is 2.13. The summed E-state index contributed by atoms with van der Waals surface area (Å²) >= 11 is 0. The number of nitrogens with one attached hydrogen (secondary N) is 1. The van der Waals surface area contributed by atoms with Gasteiger partial charge in [0, 0.05) is 6.04 Å². The summed E-state index contributed by atoms with van der Waals surface area (Å²) in [7, 11) is 0. The van der Waals surface area contributed by atoms with Gasteiger partial charge in [-0.05, 0) is 44.2 Å². The van der Waals surface area contributed by atoms with Crippen molar-refractivity contribution in [2.45, 2.75) is 44.2 Å². The summed E-state index contributed by atoms with van der Waals surface area (Å²) in [5.41, 5.74) is 1.35. The molecule has 18 heavy (non-hydrogen) atoms. The topological polar surface area (TPSA) is 32.3 Å². The Kier molecular flexibility index (Phi) is 5.43. The molecule has 1 aliphatic rings. The number of hydrogen-bond donors (Lipinski definition) is 2. The predicted molar refractivity (Wildman–Crippen MR) is 75.6 cm³/mol. The summed E-state index contributed by atoms with van der Waals surface area (Å²) in [6.45, 7) is 0.940. The second-order valence-electron chi connectivity index (χ2n) is 4.99. The Bertz CT molecular complexity index is 361. The zero-order valence-corrected chi connectivity index (χ0v) is 10.9. The van der Waals surface area contributed by atoms with Gasteiger partial charge in [0.15, 0.2) is 0 Å². The zero-order valence-electron chi connectivity index (χ0n) is 10.9. The Balaban J connectivity index is 1.76. The van der Waals surface area contributed by atoms with Gasteiger partial charge in [0.05, 0.1) is 6.10 Å². The largest absolute Gasteiger partial charge is 0.391 e. The summed E-state index contributed by atoms with van der Waals surface area (Å²) in [4.78, 5) is 0. The van der Waals surface area contributed by atoms with Gasteiger partial charge in [-0.2, -0.15) is 0 Å². The van der Waals surface area contributed by atoms with E-state index >= 15 is 0 Å². The van der Waals surface area contributed by atoms with Crippen LogP contribution in [0.5, 0.6) is 0 Å². The van der Waals surface area contributed by atoms with Gasteiger partial charge >= 0.3 is 0 Å². The number of hydrogen-bond acceptors (Lipinski definition) is 2. The van der Waals surface area contributed by atoms with Crippen molar-refractivity contribution < 1.29 is 5.11 Å². The van der Waals surface area contributed by atoms with Crippen molar-refractivity contribution in [3.8, 4) is 0 Å². The minimum absolute atomic E-state index is 0.203. The van der Waals surface area contributed by atoms with Crippen LogP contribution >= 0.6 is 0 Å². The molecule has 98 valence electrons. The van der Waals surface area contributed by atoms with E-state index < -0.39 is 0 Å². The Morgan fingerprint density at radius 3 is 2.56 bits per heavy atom. The van der Waals surface area contributed by atoms with Gasteiger partial charge in [-0.3, -0.25) is 0 Å². The van der Waals surface area contributed by atoms with Gasteiger partial charge in [-0.25, -0.2) is 0 Å². The lowest BCUT2D eigenvalue weighted by Gasteiger charge is -2.25. The molecule has 0 fully saturated rings. The van der Waals surface area contributed by atoms with Crippen molar-refractivity contribution in [1.82, 2.24) is 5.32 Å². The molecular weight excluding hydrogens is 222 g/mol. The van der Waals surface area contributed by atoms with E-state index in [0.717, 1.165) is 38.6 Å². The molecule has 1 aromatic rings. The van der Waals surface area contributed by atoms with E-state index in [1.807, 2.05) is 6.07 Å². The van der Waals surface area contributed by atoms with E-state index in [9.17, 15) is 5.11 Å². The molecule has 2 heteroatoms. The molecule has 0 aromatic heterocycles. The van der Waals surface area contributed by atoms with E-state index in [4.69, 9.17) is 0 Å². The molecule has 0 spiro atoms. The van der Waals surface area contributed by atoms with Gasteiger partial charge in [-0.15, -0.1) is 0 Å². The van der Waals surface area contributed by atoms with Gasteiger partial charge in [0.1, 0.15) is 0 Å². The molecule has 2 atom stereocenters. The molecule has 2 nitrogen and oxygen atoms in total. The molecule has 0 radical (unpaired) electrons. The maximum Gasteiger partial charge on any atom is 0.0696 e. The van der Waals surface area contributed by atoms with Gasteiger partial charge in [-0.1, -0.05) is 42.5 Å². The highest BCUT2D eigenvalue weighted by molar-refractivity contribution is 5.14. The smallest absolute Gasteiger partial charge is 0.0696 e. The summed E-state index contributed by atoms with van der Waals surface area (Å²) in [5.74, 6) is 0. The second kappa shape index (κ2) is 7.34. The number of aliphatic hydroxyl groups excluding tert-OH is 1. The van der Waals surface area contributed by atoms with Crippen LogP contribution in [0.25, 0.3) is 0 Å². The van der Waals surface area contributed by atoms with E-state index in [0.29, 0.717) is 0 Å². The average molecular weight is 245 g/mol. The standard InChI is InChI=1S/C16H23NO/c18-16-11-7-2-1-6-10-15(16)17-13-12-14-8-4-3-5-9-14/h1-5,8-9,15-18H,6-7,10-13H2/b2-1+/t15-,16-/m0/s1. The second-order valence-corrected chi connectivity index (χ2v) is 4.99. The minimum Gasteiger partial charge on any atom is -0.391 e. The van der Waals surface area contributed by atoms with Crippen LogP contribution in [0, 0.1) is 0 Å². The van der Waals surface area contributed by atoms with E-state index in [-0.39, 0.29) is 12.1 Å². The minimum atomic E-state index is -0.203. The van der Waals surface area contributed by atoms with Crippen LogP contribution in [0.3, 0.4) is 0 Å². The third-order valence-corrected chi connectivity index (χ3v) is 3.57. The summed E-state index contributed by atoms with van der Waals surface area (Å²) < 4.78 is 0. The Labute approximate surface area is 110 Å². The molecule has 0 amide bonds. The number of benzene rings is 1. The third kappa shape index (κ3) is 4.28. The summed E-state index contributed by atoms with van der Waals surface area (Å²) in [6.07, 6.45) is 9.22. The van der Waals surface area contributed by atoms with E-state index in [2.05, 4.69) is 41.7 Å². The molecule has 0 bridgehead atoms. The Morgan fingerprint density at radius 1 is 1.06 bits per heavy atom. The third-order valence-electron chi connectivity index (χ3n) is 3.57. The van der Waals surface area contributed by atoms with Gasteiger partial charge in [0.25, 0.3) is 0 Å². The van der Waals surface area contributed by atoms with Crippen molar-refractivity contribution in [2.24, 2.45) is 0 Å². The first-order valence-corrected chi connectivity index (χ1v) is 6.96. The first kappa shape index (κ1) is 13.3. The first-order valence-electron chi connectivity index (χ1n) is 6.96. The highest BCUT2D eigenvalue weighted by Gasteiger charge is 2.18. The molecule has 2 N–H and O–H groups in total. The van der Waals surface area contributed by atoms with Crippen LogP contribution in [0.15, 0.2) is 42.5 Å². The summed E-state index contributed by atoms with van der Waals surface area (Å²) in [5, 5.41) is 13.6. The molecule has 2 rings (SSSR count). The molecule has 0 aliphatic heterocycles. The fourth-order valence-corrected chi connectivity index (χ4v) is 2.46. The molecule has 0 saturated heterocycles. The van der Waals surface area contributed by atoms with Crippen LogP contribution in [0.2, 0.25) is 0 Å². The van der Waals surface area contributed by atoms with Crippen molar-refractivity contribution in [2.75, 3.05) is 6.54 Å². The number of rotatable bonds is 4. The van der Waals surface area contributed by atoms with Gasteiger partial charge < -0.3 is 10.4 Å². The SMILES string of the molecule is O[C@H]1CC/C=C/CC[C@@H]1NCCc1ccccc1. The number of aliphatic hydroxyl groups is 1. The van der Waals surface area contributed by atoms with E-state index in [1.54, 1.807) is 0 Å². The fraction of sp³-hybridized carbons (Fsp3) is 0.500. The van der Waals surface area contributed by atoms with Crippen LogP contribution in [-0.2, 0) is 6.42 Å². The Morgan fingerprint density at radius 2 is 1.78 bits per heavy atom. The predicted octanol–water partition coefficient (Wildman–Crippen LogP) is 2.68.